The first-order chi connectivity index (χ1) is 10.1. The normalized spacial score (nSPS) is 11.0. The van der Waals surface area contributed by atoms with Crippen LogP contribution in [-0.2, 0) is 9.47 Å². The summed E-state index contributed by atoms with van der Waals surface area (Å²) >= 11 is 6.46. The van der Waals surface area contributed by atoms with E-state index in [-0.39, 0.29) is 13.2 Å². The highest BCUT2D eigenvalue weighted by Crippen LogP contribution is 2.23. The molecule has 1 aromatic carbocycles. The molecule has 0 bridgehead atoms. The molecule has 0 saturated heterocycles. The fourth-order valence-corrected chi connectivity index (χ4v) is 3.77. The first kappa shape index (κ1) is 20.2. The molecule has 1 rings (SSSR count). The van der Waals surface area contributed by atoms with E-state index in [1.54, 1.807) is 26.8 Å². The van der Waals surface area contributed by atoms with Gasteiger partial charge in [0.1, 0.15) is 12.2 Å². The molecule has 5 nitrogen and oxygen atoms in total. The summed E-state index contributed by atoms with van der Waals surface area (Å²) in [6, 6.07) is 3.78. The van der Waals surface area contributed by atoms with Gasteiger partial charge in [0.05, 0.1) is 12.1 Å². The Balaban J connectivity index is 2.46. The van der Waals surface area contributed by atoms with Crippen molar-refractivity contribution in [3.8, 4) is 0 Å². The first-order valence-corrected chi connectivity index (χ1v) is 9.62. The van der Waals surface area contributed by atoms with Gasteiger partial charge in [0.15, 0.2) is 0 Å². The van der Waals surface area contributed by atoms with Crippen LogP contribution in [0.25, 0.3) is 0 Å². The van der Waals surface area contributed by atoms with E-state index in [4.69, 9.17) is 9.47 Å². The van der Waals surface area contributed by atoms with Crippen LogP contribution in [0.2, 0.25) is 0 Å². The van der Waals surface area contributed by atoms with E-state index in [0.717, 1.165) is 10.7 Å². The zero-order valence-electron chi connectivity index (χ0n) is 12.3. The number of esters is 1. The van der Waals surface area contributed by atoms with Gasteiger partial charge in [0, 0.05) is 10.7 Å². The van der Waals surface area contributed by atoms with Gasteiger partial charge in [-0.1, -0.05) is 0 Å². The monoisotopic (exact) mass is 643 g/mol. The van der Waals surface area contributed by atoms with Crippen LogP contribution in [0.3, 0.4) is 0 Å². The summed E-state index contributed by atoms with van der Waals surface area (Å²) in [4.78, 5) is 23.5. The third-order valence-electron chi connectivity index (χ3n) is 2.22. The van der Waals surface area contributed by atoms with Crippen LogP contribution in [0.4, 0.5) is 4.79 Å². The number of ether oxygens (including phenoxy) is 2. The molecular weight excluding hydrogens is 627 g/mol. The van der Waals surface area contributed by atoms with Gasteiger partial charge in [-0.2, -0.15) is 0 Å². The van der Waals surface area contributed by atoms with Crippen molar-refractivity contribution >= 4 is 79.8 Å². The van der Waals surface area contributed by atoms with Gasteiger partial charge in [-0.3, -0.25) is 0 Å². The maximum absolute atomic E-state index is 12.1. The van der Waals surface area contributed by atoms with E-state index in [1.165, 1.54) is 0 Å². The number of hydrogen-bond donors (Lipinski definition) is 1. The molecule has 0 aliphatic rings. The lowest BCUT2D eigenvalue weighted by Gasteiger charge is -2.19. The molecule has 0 unspecified atom stereocenters. The Kier molecular flexibility index (Phi) is 8.12. The lowest BCUT2D eigenvalue weighted by atomic mass is 10.2. The minimum atomic E-state index is -0.547. The molecule has 1 aromatic rings. The summed E-state index contributed by atoms with van der Waals surface area (Å²) < 4.78 is 13.1. The summed E-state index contributed by atoms with van der Waals surface area (Å²) in [5, 5.41) is 2.54. The number of nitrogens with one attached hydrogen (secondary N) is 1. The van der Waals surface area contributed by atoms with E-state index < -0.39 is 17.7 Å². The number of alkyl carbamates (subject to hydrolysis) is 1. The summed E-state index contributed by atoms with van der Waals surface area (Å²) in [6.45, 7) is 5.65. The third kappa shape index (κ3) is 7.15. The van der Waals surface area contributed by atoms with E-state index in [2.05, 4.69) is 73.1 Å². The largest absolute Gasteiger partial charge is 0.460 e. The minimum absolute atomic E-state index is 0.0935. The van der Waals surface area contributed by atoms with Crippen LogP contribution in [-0.4, -0.2) is 30.8 Å². The number of amides is 1. The molecule has 0 spiro atoms. The van der Waals surface area contributed by atoms with Gasteiger partial charge in [-0.05, 0) is 101 Å². The van der Waals surface area contributed by atoms with E-state index in [0.29, 0.717) is 5.56 Å². The van der Waals surface area contributed by atoms with Gasteiger partial charge in [0.25, 0.3) is 0 Å². The lowest BCUT2D eigenvalue weighted by Crippen LogP contribution is -2.34. The Morgan fingerprint density at radius 3 is 2.41 bits per heavy atom. The molecule has 0 heterocycles. The first-order valence-electron chi connectivity index (χ1n) is 6.38. The Labute approximate surface area is 170 Å². The van der Waals surface area contributed by atoms with Crippen LogP contribution < -0.4 is 5.32 Å². The van der Waals surface area contributed by atoms with Crippen LogP contribution in [0, 0.1) is 10.7 Å². The predicted octanol–water partition coefficient (Wildman–Crippen LogP) is 4.18. The molecule has 0 fully saturated rings. The Hall–Kier alpha value is 0.150. The maximum atomic E-state index is 12.1. The predicted molar refractivity (Wildman–Crippen MR) is 109 cm³/mol. The number of rotatable bonds is 4. The summed E-state index contributed by atoms with van der Waals surface area (Å²) in [7, 11) is 0. The summed E-state index contributed by atoms with van der Waals surface area (Å²) in [5.74, 6) is -0.396. The van der Waals surface area contributed by atoms with Gasteiger partial charge < -0.3 is 14.8 Å². The minimum Gasteiger partial charge on any atom is -0.460 e. The molecule has 0 aromatic heterocycles. The van der Waals surface area contributed by atoms with Gasteiger partial charge in [-0.25, -0.2) is 9.59 Å². The fourth-order valence-electron chi connectivity index (χ4n) is 1.39. The number of benzene rings is 1. The zero-order valence-corrected chi connectivity index (χ0v) is 18.8. The second-order valence-electron chi connectivity index (χ2n) is 5.31. The van der Waals surface area contributed by atoms with Gasteiger partial charge >= 0.3 is 12.1 Å². The highest BCUT2D eigenvalue weighted by atomic mass is 127. The molecule has 122 valence electrons. The quantitative estimate of drug-likeness (QED) is 0.232. The summed E-state index contributed by atoms with van der Waals surface area (Å²) in [6.07, 6.45) is -0.526. The molecule has 1 N–H and O–H groups in total. The second kappa shape index (κ2) is 8.85. The van der Waals surface area contributed by atoms with Crippen molar-refractivity contribution in [1.82, 2.24) is 5.32 Å². The average Bonchev–Trinajstić information content (AvgIpc) is 2.36. The highest BCUT2D eigenvalue weighted by molar-refractivity contribution is 14.1. The standard InChI is InChI=1S/C14H16I3NO4/c1-14(2,3)22-13(20)18-4-5-21-12(19)9-6-8(15)7-10(16)11(9)17/h6-7H,4-5H2,1-3H3,(H,18,20). The Morgan fingerprint density at radius 1 is 1.18 bits per heavy atom. The number of halogens is 3. The Morgan fingerprint density at radius 2 is 1.82 bits per heavy atom. The molecule has 0 radical (unpaired) electrons. The van der Waals surface area contributed by atoms with Crippen LogP contribution in [0.1, 0.15) is 31.1 Å². The fraction of sp³-hybridized carbons (Fsp3) is 0.429. The van der Waals surface area contributed by atoms with Crippen LogP contribution in [0.5, 0.6) is 0 Å². The van der Waals surface area contributed by atoms with Crippen molar-refractivity contribution in [3.05, 3.63) is 28.4 Å². The van der Waals surface area contributed by atoms with Crippen molar-refractivity contribution in [2.45, 2.75) is 26.4 Å². The number of carbonyl (C=O) groups excluding carboxylic acids is 2. The van der Waals surface area contributed by atoms with Crippen LogP contribution >= 0.6 is 67.8 Å². The SMILES string of the molecule is CC(C)(C)OC(=O)NCCOC(=O)c1cc(I)cc(I)c1I. The van der Waals surface area contributed by atoms with Crippen molar-refractivity contribution in [2.24, 2.45) is 0 Å². The third-order valence-corrected chi connectivity index (χ3v) is 5.88. The topological polar surface area (TPSA) is 64.6 Å². The molecular formula is C14H16I3NO4. The van der Waals surface area contributed by atoms with Gasteiger partial charge in [0.2, 0.25) is 0 Å². The average molecular weight is 643 g/mol. The van der Waals surface area contributed by atoms with Crippen LogP contribution in [0.15, 0.2) is 12.1 Å². The number of carbonyl (C=O) groups is 2. The molecule has 0 aliphatic carbocycles. The van der Waals surface area contributed by atoms with E-state index in [1.807, 2.05) is 6.07 Å². The molecule has 0 atom stereocenters. The molecule has 22 heavy (non-hydrogen) atoms. The molecule has 1 amide bonds. The second-order valence-corrected chi connectivity index (χ2v) is 8.80. The van der Waals surface area contributed by atoms with Crippen molar-refractivity contribution in [1.29, 1.82) is 0 Å². The van der Waals surface area contributed by atoms with Crippen molar-refractivity contribution in [2.75, 3.05) is 13.2 Å². The van der Waals surface area contributed by atoms with E-state index in [9.17, 15) is 9.59 Å². The number of hydrogen-bond acceptors (Lipinski definition) is 4. The smallest absolute Gasteiger partial charge is 0.407 e. The van der Waals surface area contributed by atoms with Crippen molar-refractivity contribution < 1.29 is 19.1 Å². The molecule has 8 heteroatoms. The van der Waals surface area contributed by atoms with E-state index >= 15 is 0 Å². The lowest BCUT2D eigenvalue weighted by molar-refractivity contribution is 0.0433. The zero-order chi connectivity index (χ0) is 16.9. The maximum Gasteiger partial charge on any atom is 0.407 e. The van der Waals surface area contributed by atoms with Gasteiger partial charge in [-0.15, -0.1) is 0 Å². The molecule has 0 aliphatic heterocycles. The molecule has 0 saturated carbocycles. The Bertz CT molecular complexity index is 570. The van der Waals surface area contributed by atoms with Crippen molar-refractivity contribution in [3.63, 3.8) is 0 Å². The summed E-state index contributed by atoms with van der Waals surface area (Å²) in [5.41, 5.74) is -0.0111. The highest BCUT2D eigenvalue weighted by Gasteiger charge is 2.17.